The maximum absolute atomic E-state index is 13.4. The number of hydrogen-bond donors (Lipinski definition) is 2. The molecule has 2 N–H and O–H groups in total. The highest BCUT2D eigenvalue weighted by Gasteiger charge is 2.34. The van der Waals surface area contributed by atoms with Crippen LogP contribution < -0.4 is 5.32 Å². The van der Waals surface area contributed by atoms with Gasteiger partial charge in [-0.25, -0.2) is 4.39 Å². The molecule has 2 rings (SSSR count). The van der Waals surface area contributed by atoms with Crippen LogP contribution in [-0.4, -0.2) is 30.9 Å². The summed E-state index contributed by atoms with van der Waals surface area (Å²) in [5, 5.41) is 13.2. The van der Waals surface area contributed by atoms with Gasteiger partial charge in [0.2, 0.25) is 0 Å². The zero-order valence-corrected chi connectivity index (χ0v) is 12.8. The summed E-state index contributed by atoms with van der Waals surface area (Å²) in [6.07, 6.45) is 4.54. The zero-order valence-electron chi connectivity index (χ0n) is 12.8. The van der Waals surface area contributed by atoms with Crippen LogP contribution in [-0.2, 0) is 11.3 Å². The van der Waals surface area contributed by atoms with Gasteiger partial charge < -0.3 is 15.2 Å². The number of rotatable bonds is 9. The molecule has 1 aromatic rings. The van der Waals surface area contributed by atoms with E-state index < -0.39 is 6.10 Å². The topological polar surface area (TPSA) is 41.5 Å². The second-order valence-electron chi connectivity index (χ2n) is 6.10. The van der Waals surface area contributed by atoms with Crippen molar-refractivity contribution in [1.82, 2.24) is 5.32 Å². The van der Waals surface area contributed by atoms with E-state index in [0.29, 0.717) is 17.5 Å². The number of nitrogens with one attached hydrogen (secondary N) is 1. The van der Waals surface area contributed by atoms with E-state index in [0.717, 1.165) is 6.54 Å². The van der Waals surface area contributed by atoms with Crippen LogP contribution in [0.3, 0.4) is 0 Å². The van der Waals surface area contributed by atoms with Gasteiger partial charge in [-0.1, -0.05) is 31.5 Å². The minimum atomic E-state index is -0.550. The SMILES string of the molecule is CCC1(CNCC(O)COCc2ccccc2F)CCC1. The molecule has 4 heteroatoms. The van der Waals surface area contributed by atoms with Gasteiger partial charge in [0, 0.05) is 18.7 Å². The first-order valence-corrected chi connectivity index (χ1v) is 7.85. The molecule has 1 aliphatic carbocycles. The van der Waals surface area contributed by atoms with E-state index in [9.17, 15) is 9.50 Å². The van der Waals surface area contributed by atoms with E-state index in [1.807, 2.05) is 0 Å². The lowest BCUT2D eigenvalue weighted by Crippen LogP contribution is -2.42. The van der Waals surface area contributed by atoms with Crippen LogP contribution >= 0.6 is 0 Å². The predicted molar refractivity (Wildman–Crippen MR) is 81.5 cm³/mol. The lowest BCUT2D eigenvalue weighted by atomic mass is 9.67. The predicted octanol–water partition coefficient (Wildman–Crippen LogP) is 2.87. The minimum Gasteiger partial charge on any atom is -0.389 e. The molecule has 0 spiro atoms. The smallest absolute Gasteiger partial charge is 0.128 e. The van der Waals surface area contributed by atoms with Gasteiger partial charge in [-0.15, -0.1) is 0 Å². The highest BCUT2D eigenvalue weighted by molar-refractivity contribution is 5.16. The summed E-state index contributed by atoms with van der Waals surface area (Å²) < 4.78 is 18.8. The summed E-state index contributed by atoms with van der Waals surface area (Å²) in [5.41, 5.74) is 0.977. The highest BCUT2D eigenvalue weighted by atomic mass is 19.1. The Kier molecular flexibility index (Phi) is 6.15. The Morgan fingerprint density at radius 2 is 2.14 bits per heavy atom. The van der Waals surface area contributed by atoms with E-state index in [-0.39, 0.29) is 19.0 Å². The van der Waals surface area contributed by atoms with Gasteiger partial charge in [-0.05, 0) is 30.7 Å². The first-order valence-electron chi connectivity index (χ1n) is 7.85. The van der Waals surface area contributed by atoms with Crippen molar-refractivity contribution in [3.63, 3.8) is 0 Å². The van der Waals surface area contributed by atoms with E-state index in [1.165, 1.54) is 31.7 Å². The molecule has 0 aliphatic heterocycles. The zero-order chi connectivity index (χ0) is 15.1. The average Bonchev–Trinajstić information content (AvgIpc) is 2.44. The van der Waals surface area contributed by atoms with Gasteiger partial charge in [-0.3, -0.25) is 0 Å². The van der Waals surface area contributed by atoms with Gasteiger partial charge in [0.05, 0.1) is 19.3 Å². The largest absolute Gasteiger partial charge is 0.389 e. The van der Waals surface area contributed by atoms with Gasteiger partial charge in [0.1, 0.15) is 5.82 Å². The summed E-state index contributed by atoms with van der Waals surface area (Å²) in [6.45, 7) is 4.14. The minimum absolute atomic E-state index is 0.197. The molecule has 0 radical (unpaired) electrons. The highest BCUT2D eigenvalue weighted by Crippen LogP contribution is 2.42. The number of hydrogen-bond acceptors (Lipinski definition) is 3. The number of aliphatic hydroxyl groups is 1. The summed E-state index contributed by atoms with van der Waals surface area (Å²) in [4.78, 5) is 0. The maximum Gasteiger partial charge on any atom is 0.128 e. The van der Waals surface area contributed by atoms with E-state index >= 15 is 0 Å². The standard InChI is InChI=1S/C17H26FNO2/c1-2-17(8-5-9-17)13-19-10-15(20)12-21-11-14-6-3-4-7-16(14)18/h3-4,6-7,15,19-20H,2,5,8-13H2,1H3. The molecular weight excluding hydrogens is 269 g/mol. The molecule has 0 amide bonds. The third-order valence-corrected chi connectivity index (χ3v) is 4.57. The molecule has 0 heterocycles. The average molecular weight is 295 g/mol. The molecule has 3 nitrogen and oxygen atoms in total. The number of ether oxygens (including phenoxy) is 1. The first kappa shape index (κ1) is 16.4. The fourth-order valence-corrected chi connectivity index (χ4v) is 2.82. The first-order chi connectivity index (χ1) is 10.2. The Labute approximate surface area is 126 Å². The summed E-state index contributed by atoms with van der Waals surface area (Å²) in [5.74, 6) is -0.264. The quantitative estimate of drug-likeness (QED) is 0.736. The van der Waals surface area contributed by atoms with Crippen molar-refractivity contribution < 1.29 is 14.2 Å². The van der Waals surface area contributed by atoms with Gasteiger partial charge in [0.15, 0.2) is 0 Å². The molecule has 0 aromatic heterocycles. The van der Waals surface area contributed by atoms with E-state index in [1.54, 1.807) is 18.2 Å². The van der Waals surface area contributed by atoms with Crippen molar-refractivity contribution in [2.45, 2.75) is 45.3 Å². The Morgan fingerprint density at radius 1 is 1.38 bits per heavy atom. The number of halogens is 1. The van der Waals surface area contributed by atoms with Crippen LogP contribution in [0, 0.1) is 11.2 Å². The maximum atomic E-state index is 13.4. The summed E-state index contributed by atoms with van der Waals surface area (Å²) >= 11 is 0. The normalized spacial score (nSPS) is 18.2. The van der Waals surface area contributed by atoms with Crippen molar-refractivity contribution in [2.75, 3.05) is 19.7 Å². The Hall–Kier alpha value is -0.970. The van der Waals surface area contributed by atoms with Crippen LogP contribution in [0.15, 0.2) is 24.3 Å². The lowest BCUT2D eigenvalue weighted by molar-refractivity contribution is 0.0242. The molecule has 1 unspecified atom stereocenters. The van der Waals surface area contributed by atoms with Crippen LogP contribution in [0.4, 0.5) is 4.39 Å². The number of aliphatic hydroxyl groups excluding tert-OH is 1. The van der Waals surface area contributed by atoms with Gasteiger partial charge in [-0.2, -0.15) is 0 Å². The molecule has 1 aromatic carbocycles. The molecule has 0 saturated heterocycles. The molecule has 1 atom stereocenters. The Bertz CT molecular complexity index is 429. The Balaban J connectivity index is 1.59. The molecule has 21 heavy (non-hydrogen) atoms. The second-order valence-corrected chi connectivity index (χ2v) is 6.10. The van der Waals surface area contributed by atoms with Crippen LogP contribution in [0.25, 0.3) is 0 Å². The van der Waals surface area contributed by atoms with E-state index in [2.05, 4.69) is 12.2 Å². The monoisotopic (exact) mass is 295 g/mol. The van der Waals surface area contributed by atoms with Crippen LogP contribution in [0.1, 0.15) is 38.2 Å². The molecular formula is C17H26FNO2. The van der Waals surface area contributed by atoms with Crippen molar-refractivity contribution in [3.8, 4) is 0 Å². The fraction of sp³-hybridized carbons (Fsp3) is 0.647. The second kappa shape index (κ2) is 7.87. The van der Waals surface area contributed by atoms with Crippen molar-refractivity contribution in [3.05, 3.63) is 35.6 Å². The third kappa shape index (κ3) is 4.77. The van der Waals surface area contributed by atoms with Crippen LogP contribution in [0.2, 0.25) is 0 Å². The fourth-order valence-electron chi connectivity index (χ4n) is 2.82. The lowest BCUT2D eigenvalue weighted by Gasteiger charge is -2.41. The third-order valence-electron chi connectivity index (χ3n) is 4.57. The van der Waals surface area contributed by atoms with Gasteiger partial charge in [0.25, 0.3) is 0 Å². The van der Waals surface area contributed by atoms with Crippen molar-refractivity contribution in [1.29, 1.82) is 0 Å². The summed E-state index contributed by atoms with van der Waals surface area (Å²) in [7, 11) is 0. The van der Waals surface area contributed by atoms with Crippen molar-refractivity contribution in [2.24, 2.45) is 5.41 Å². The molecule has 118 valence electrons. The van der Waals surface area contributed by atoms with Crippen LogP contribution in [0.5, 0.6) is 0 Å². The van der Waals surface area contributed by atoms with E-state index in [4.69, 9.17) is 4.74 Å². The molecule has 0 bridgehead atoms. The summed E-state index contributed by atoms with van der Waals surface area (Å²) in [6, 6.07) is 6.55. The van der Waals surface area contributed by atoms with Crippen molar-refractivity contribution >= 4 is 0 Å². The molecule has 1 fully saturated rings. The molecule has 1 aliphatic rings. The Morgan fingerprint density at radius 3 is 2.76 bits per heavy atom. The van der Waals surface area contributed by atoms with Gasteiger partial charge >= 0.3 is 0 Å². The number of benzene rings is 1. The molecule has 1 saturated carbocycles.